The third-order valence-electron chi connectivity index (χ3n) is 4.20. The maximum absolute atomic E-state index is 12.8. The molecule has 6 nitrogen and oxygen atoms in total. The summed E-state index contributed by atoms with van der Waals surface area (Å²) in [5, 5.41) is 12.7. The molecule has 1 atom stereocenters. The monoisotopic (exact) mass is 308 g/mol. The van der Waals surface area contributed by atoms with Crippen LogP contribution in [0.2, 0.25) is 0 Å². The first kappa shape index (κ1) is 16.5. The largest absolute Gasteiger partial charge is 0.481 e. The van der Waals surface area contributed by atoms with Gasteiger partial charge in [0.2, 0.25) is 0 Å². The summed E-state index contributed by atoms with van der Waals surface area (Å²) in [6, 6.07) is 0. The number of piperidine rings is 1. The molecule has 1 fully saturated rings. The van der Waals surface area contributed by atoms with E-state index in [9.17, 15) is 9.59 Å². The molecule has 1 unspecified atom stereocenters. The highest BCUT2D eigenvalue weighted by Gasteiger charge is 2.30. The Morgan fingerprint density at radius 3 is 2.82 bits per heavy atom. The standard InChI is InChI=1S/C16H24N2O4/c1-10(2)15-14(11(3)17-22-15)16(21)18-8-4-5-12(9-18)6-7-13(19)20/h10,12H,4-9H2,1-3H3,(H,19,20). The van der Waals surface area contributed by atoms with Crippen molar-refractivity contribution < 1.29 is 19.2 Å². The minimum absolute atomic E-state index is 0.0394. The second-order valence-corrected chi connectivity index (χ2v) is 6.35. The van der Waals surface area contributed by atoms with Crippen LogP contribution in [0.5, 0.6) is 0 Å². The number of amides is 1. The van der Waals surface area contributed by atoms with Crippen molar-refractivity contribution in [3.05, 3.63) is 17.0 Å². The number of aliphatic carboxylic acids is 1. The molecule has 1 aromatic rings. The second kappa shape index (κ2) is 6.94. The highest BCUT2D eigenvalue weighted by molar-refractivity contribution is 5.96. The molecule has 1 amide bonds. The smallest absolute Gasteiger partial charge is 0.303 e. The number of carbonyl (C=O) groups is 2. The van der Waals surface area contributed by atoms with E-state index < -0.39 is 5.97 Å². The molecule has 0 saturated carbocycles. The van der Waals surface area contributed by atoms with Gasteiger partial charge >= 0.3 is 5.97 Å². The Labute approximate surface area is 130 Å². The molecule has 6 heteroatoms. The molecule has 2 heterocycles. The Bertz CT molecular complexity index is 550. The summed E-state index contributed by atoms with van der Waals surface area (Å²) in [6.07, 6.45) is 2.68. The van der Waals surface area contributed by atoms with Gasteiger partial charge in [-0.2, -0.15) is 0 Å². The number of aryl methyl sites for hydroxylation is 1. The van der Waals surface area contributed by atoms with Crippen LogP contribution in [-0.4, -0.2) is 40.1 Å². The van der Waals surface area contributed by atoms with Crippen molar-refractivity contribution in [1.29, 1.82) is 0 Å². The van der Waals surface area contributed by atoms with Crippen molar-refractivity contribution in [3.8, 4) is 0 Å². The fraction of sp³-hybridized carbons (Fsp3) is 0.688. The van der Waals surface area contributed by atoms with Crippen molar-refractivity contribution in [2.45, 2.75) is 52.4 Å². The number of carbonyl (C=O) groups excluding carboxylic acids is 1. The molecule has 122 valence electrons. The van der Waals surface area contributed by atoms with E-state index >= 15 is 0 Å². The quantitative estimate of drug-likeness (QED) is 0.904. The number of likely N-dealkylation sites (tertiary alicyclic amines) is 1. The average Bonchev–Trinajstić information content (AvgIpc) is 2.86. The van der Waals surface area contributed by atoms with Gasteiger partial charge in [-0.15, -0.1) is 0 Å². The maximum Gasteiger partial charge on any atom is 0.303 e. The lowest BCUT2D eigenvalue weighted by atomic mass is 9.92. The minimum Gasteiger partial charge on any atom is -0.481 e. The molecule has 0 spiro atoms. The lowest BCUT2D eigenvalue weighted by Crippen LogP contribution is -2.40. The van der Waals surface area contributed by atoms with E-state index in [2.05, 4.69) is 5.16 Å². The Hall–Kier alpha value is -1.85. The summed E-state index contributed by atoms with van der Waals surface area (Å²) in [6.45, 7) is 7.07. The number of hydrogen-bond acceptors (Lipinski definition) is 4. The summed E-state index contributed by atoms with van der Waals surface area (Å²) >= 11 is 0. The van der Waals surface area contributed by atoms with Crippen molar-refractivity contribution in [2.24, 2.45) is 5.92 Å². The van der Waals surface area contributed by atoms with E-state index in [0.717, 1.165) is 12.8 Å². The summed E-state index contributed by atoms with van der Waals surface area (Å²) in [5.74, 6) is 0.183. The third kappa shape index (κ3) is 3.67. The lowest BCUT2D eigenvalue weighted by Gasteiger charge is -2.32. The first-order chi connectivity index (χ1) is 10.4. The van der Waals surface area contributed by atoms with Gasteiger partial charge in [-0.25, -0.2) is 0 Å². The van der Waals surface area contributed by atoms with E-state index in [1.165, 1.54) is 0 Å². The Balaban J connectivity index is 2.09. The van der Waals surface area contributed by atoms with Crippen LogP contribution in [0.15, 0.2) is 4.52 Å². The first-order valence-electron chi connectivity index (χ1n) is 7.87. The fourth-order valence-corrected chi connectivity index (χ4v) is 3.01. The van der Waals surface area contributed by atoms with Crippen LogP contribution in [0.1, 0.15) is 67.3 Å². The first-order valence-corrected chi connectivity index (χ1v) is 7.87. The van der Waals surface area contributed by atoms with Crippen LogP contribution >= 0.6 is 0 Å². The molecule has 1 aliphatic heterocycles. The Morgan fingerprint density at radius 1 is 1.45 bits per heavy atom. The van der Waals surface area contributed by atoms with Crippen molar-refractivity contribution in [3.63, 3.8) is 0 Å². The van der Waals surface area contributed by atoms with Gasteiger partial charge in [0.1, 0.15) is 5.56 Å². The van der Waals surface area contributed by atoms with Crippen molar-refractivity contribution in [2.75, 3.05) is 13.1 Å². The van der Waals surface area contributed by atoms with Crippen molar-refractivity contribution in [1.82, 2.24) is 10.1 Å². The van der Waals surface area contributed by atoms with Gasteiger partial charge in [0.25, 0.3) is 5.91 Å². The number of carboxylic acid groups (broad SMARTS) is 1. The SMILES string of the molecule is Cc1noc(C(C)C)c1C(=O)N1CCCC(CCC(=O)O)C1. The predicted octanol–water partition coefficient (Wildman–Crippen LogP) is 2.82. The van der Waals surface area contributed by atoms with Crippen LogP contribution in [0.3, 0.4) is 0 Å². The van der Waals surface area contributed by atoms with E-state index in [-0.39, 0.29) is 24.2 Å². The summed E-state index contributed by atoms with van der Waals surface area (Å²) < 4.78 is 5.30. The van der Waals surface area contributed by atoms with Gasteiger partial charge < -0.3 is 14.5 Å². The molecule has 0 bridgehead atoms. The number of hydrogen-bond donors (Lipinski definition) is 1. The maximum atomic E-state index is 12.8. The van der Waals surface area contributed by atoms with E-state index in [4.69, 9.17) is 9.63 Å². The number of nitrogens with zero attached hydrogens (tertiary/aromatic N) is 2. The zero-order valence-corrected chi connectivity index (χ0v) is 13.5. The predicted molar refractivity (Wildman–Crippen MR) is 80.8 cm³/mol. The molecule has 1 aliphatic rings. The zero-order chi connectivity index (χ0) is 16.3. The van der Waals surface area contributed by atoms with Crippen LogP contribution in [0.25, 0.3) is 0 Å². The Morgan fingerprint density at radius 2 is 2.18 bits per heavy atom. The normalized spacial score (nSPS) is 18.7. The zero-order valence-electron chi connectivity index (χ0n) is 13.5. The van der Waals surface area contributed by atoms with Gasteiger partial charge in [0.05, 0.1) is 5.69 Å². The fourth-order valence-electron chi connectivity index (χ4n) is 3.01. The molecule has 0 aliphatic carbocycles. The van der Waals surface area contributed by atoms with E-state index in [1.54, 1.807) is 6.92 Å². The lowest BCUT2D eigenvalue weighted by molar-refractivity contribution is -0.137. The molecule has 1 N–H and O–H groups in total. The highest BCUT2D eigenvalue weighted by Crippen LogP contribution is 2.27. The van der Waals surface area contributed by atoms with Gasteiger partial charge in [-0.3, -0.25) is 9.59 Å². The van der Waals surface area contributed by atoms with Gasteiger partial charge in [-0.1, -0.05) is 19.0 Å². The van der Waals surface area contributed by atoms with Crippen LogP contribution in [-0.2, 0) is 4.79 Å². The summed E-state index contributed by atoms with van der Waals surface area (Å²) in [4.78, 5) is 25.3. The highest BCUT2D eigenvalue weighted by atomic mass is 16.5. The van der Waals surface area contributed by atoms with Gasteiger partial charge in [-0.05, 0) is 32.1 Å². The second-order valence-electron chi connectivity index (χ2n) is 6.35. The molecule has 1 aromatic heterocycles. The molecular weight excluding hydrogens is 284 g/mol. The topological polar surface area (TPSA) is 83.6 Å². The molecule has 0 radical (unpaired) electrons. The average molecular weight is 308 g/mol. The third-order valence-corrected chi connectivity index (χ3v) is 4.20. The summed E-state index contributed by atoms with van der Waals surface area (Å²) in [7, 11) is 0. The van der Waals surface area contributed by atoms with Crippen LogP contribution in [0, 0.1) is 12.8 Å². The van der Waals surface area contributed by atoms with Crippen molar-refractivity contribution >= 4 is 11.9 Å². The van der Waals surface area contributed by atoms with Gasteiger partial charge in [0, 0.05) is 25.4 Å². The number of aromatic nitrogens is 1. The van der Waals surface area contributed by atoms with Crippen LogP contribution < -0.4 is 0 Å². The van der Waals surface area contributed by atoms with Gasteiger partial charge in [0.15, 0.2) is 5.76 Å². The minimum atomic E-state index is -0.777. The number of rotatable bonds is 5. The molecule has 0 aromatic carbocycles. The van der Waals surface area contributed by atoms with Crippen LogP contribution in [0.4, 0.5) is 0 Å². The molecular formula is C16H24N2O4. The molecule has 2 rings (SSSR count). The van der Waals surface area contributed by atoms with E-state index in [0.29, 0.717) is 36.5 Å². The number of carboxylic acids is 1. The Kier molecular flexibility index (Phi) is 5.21. The molecule has 1 saturated heterocycles. The molecule has 22 heavy (non-hydrogen) atoms. The summed E-state index contributed by atoms with van der Waals surface area (Å²) in [5.41, 5.74) is 1.20. The van der Waals surface area contributed by atoms with E-state index in [1.807, 2.05) is 18.7 Å².